The van der Waals surface area contributed by atoms with Gasteiger partial charge < -0.3 is 10.2 Å². The first-order valence-corrected chi connectivity index (χ1v) is 9.84. The molecule has 0 radical (unpaired) electrons. The van der Waals surface area contributed by atoms with E-state index in [9.17, 15) is 9.59 Å². The van der Waals surface area contributed by atoms with Crippen molar-refractivity contribution in [2.24, 2.45) is 0 Å². The Hall–Kier alpha value is -1.63. The maximum atomic E-state index is 12.0. The molecule has 0 bridgehead atoms. The summed E-state index contributed by atoms with van der Waals surface area (Å²) in [6.45, 7) is 6.65. The highest BCUT2D eigenvalue weighted by atomic mass is 35.5. The summed E-state index contributed by atoms with van der Waals surface area (Å²) in [5.74, 6) is -0.516. The van der Waals surface area contributed by atoms with Crippen LogP contribution in [0.5, 0.6) is 0 Å². The van der Waals surface area contributed by atoms with Gasteiger partial charge in [-0.3, -0.25) is 19.8 Å². The number of nitrogens with one attached hydrogen (secondary N) is 2. The largest absolute Gasteiger partial charge is 0.369 e. The number of benzene rings is 1. The highest BCUT2D eigenvalue weighted by molar-refractivity contribution is 6.00. The molecule has 1 unspecified atom stereocenters. The Kier molecular flexibility index (Phi) is 6.73. The van der Waals surface area contributed by atoms with Gasteiger partial charge in [0.05, 0.1) is 5.92 Å². The zero-order chi connectivity index (χ0) is 17.9. The van der Waals surface area contributed by atoms with Crippen LogP contribution in [0.3, 0.4) is 0 Å². The maximum absolute atomic E-state index is 12.0. The highest BCUT2D eigenvalue weighted by Gasteiger charge is 2.28. The second kappa shape index (κ2) is 9.04. The number of hydrogen-bond donors (Lipinski definition) is 2. The van der Waals surface area contributed by atoms with Crippen LogP contribution in [-0.2, 0) is 9.59 Å². The van der Waals surface area contributed by atoms with Crippen LogP contribution in [-0.4, -0.2) is 62.0 Å². The first-order valence-electron chi connectivity index (χ1n) is 9.84. The number of carbonyl (C=O) groups excluding carboxylic acids is 2. The zero-order valence-corrected chi connectivity index (χ0v) is 16.5. The van der Waals surface area contributed by atoms with E-state index in [1.165, 1.54) is 18.5 Å². The molecule has 3 aliphatic rings. The number of imide groups is 1. The zero-order valence-electron chi connectivity index (χ0n) is 15.7. The molecule has 7 heteroatoms. The van der Waals surface area contributed by atoms with Crippen molar-refractivity contribution < 1.29 is 9.59 Å². The molecular formula is C20H29ClN4O2. The third kappa shape index (κ3) is 4.62. The molecule has 0 aliphatic carbocycles. The van der Waals surface area contributed by atoms with Crippen LogP contribution in [0.1, 0.15) is 37.2 Å². The molecule has 3 fully saturated rings. The van der Waals surface area contributed by atoms with E-state index in [-0.39, 0.29) is 30.1 Å². The van der Waals surface area contributed by atoms with Gasteiger partial charge in [-0.1, -0.05) is 12.1 Å². The van der Waals surface area contributed by atoms with Gasteiger partial charge in [-0.25, -0.2) is 0 Å². The summed E-state index contributed by atoms with van der Waals surface area (Å²) in [7, 11) is 0. The van der Waals surface area contributed by atoms with Crippen molar-refractivity contribution in [2.75, 3.05) is 44.2 Å². The topological polar surface area (TPSA) is 64.7 Å². The van der Waals surface area contributed by atoms with Gasteiger partial charge in [0.1, 0.15) is 0 Å². The quantitative estimate of drug-likeness (QED) is 0.763. The molecule has 2 N–H and O–H groups in total. The van der Waals surface area contributed by atoms with Gasteiger partial charge in [0.15, 0.2) is 0 Å². The molecule has 4 rings (SSSR count). The smallest absolute Gasteiger partial charge is 0.234 e. The predicted octanol–water partition coefficient (Wildman–Crippen LogP) is 1.50. The molecule has 3 heterocycles. The average Bonchev–Trinajstić information content (AvgIpc) is 2.69. The Morgan fingerprint density at radius 1 is 0.889 bits per heavy atom. The molecule has 0 aromatic heterocycles. The van der Waals surface area contributed by atoms with Crippen molar-refractivity contribution in [3.05, 3.63) is 29.8 Å². The third-order valence-electron chi connectivity index (χ3n) is 6.04. The Morgan fingerprint density at radius 3 is 2.19 bits per heavy atom. The fourth-order valence-electron chi connectivity index (χ4n) is 4.45. The van der Waals surface area contributed by atoms with Gasteiger partial charge in [-0.05, 0) is 50.0 Å². The van der Waals surface area contributed by atoms with Gasteiger partial charge in [0.25, 0.3) is 0 Å². The predicted molar refractivity (Wildman–Crippen MR) is 108 cm³/mol. The number of nitrogens with zero attached hydrogens (tertiary/aromatic N) is 2. The van der Waals surface area contributed by atoms with Crippen LogP contribution in [0, 0.1) is 0 Å². The van der Waals surface area contributed by atoms with Crippen molar-refractivity contribution in [2.45, 2.75) is 37.6 Å². The molecule has 1 atom stereocenters. The normalized spacial score (nSPS) is 25.0. The summed E-state index contributed by atoms with van der Waals surface area (Å²) in [4.78, 5) is 28.4. The van der Waals surface area contributed by atoms with E-state index >= 15 is 0 Å². The van der Waals surface area contributed by atoms with Crippen LogP contribution < -0.4 is 15.5 Å². The molecule has 3 aliphatic heterocycles. The number of halogens is 1. The van der Waals surface area contributed by atoms with Crippen molar-refractivity contribution in [3.63, 3.8) is 0 Å². The highest BCUT2D eigenvalue weighted by Crippen LogP contribution is 2.27. The average molecular weight is 393 g/mol. The van der Waals surface area contributed by atoms with Crippen LogP contribution in [0.2, 0.25) is 0 Å². The summed E-state index contributed by atoms with van der Waals surface area (Å²) >= 11 is 0. The monoisotopic (exact) mass is 392 g/mol. The number of carbonyl (C=O) groups is 2. The molecule has 148 valence electrons. The molecule has 27 heavy (non-hydrogen) atoms. The lowest BCUT2D eigenvalue weighted by Gasteiger charge is -2.41. The first kappa shape index (κ1) is 20.1. The third-order valence-corrected chi connectivity index (χ3v) is 6.04. The van der Waals surface area contributed by atoms with Crippen molar-refractivity contribution >= 4 is 29.9 Å². The first-order chi connectivity index (χ1) is 12.7. The van der Waals surface area contributed by atoms with E-state index in [1.54, 1.807) is 0 Å². The number of anilines is 1. The minimum absolute atomic E-state index is 0. The summed E-state index contributed by atoms with van der Waals surface area (Å²) in [6, 6.07) is 9.09. The summed E-state index contributed by atoms with van der Waals surface area (Å²) in [6.07, 6.45) is 3.57. The van der Waals surface area contributed by atoms with Crippen LogP contribution in [0.15, 0.2) is 24.3 Å². The molecule has 0 spiro atoms. The standard InChI is InChI=1S/C20H28N4O2.ClH/c25-19-6-5-18(20(26)22-19)15-1-3-16(4-2-15)23-11-13-24(14-12-23)17-7-9-21-10-8-17;/h1-4,17-18,21H,5-14H2,(H,22,25,26);1H. The van der Waals surface area contributed by atoms with E-state index in [1.807, 2.05) is 0 Å². The molecule has 6 nitrogen and oxygen atoms in total. The number of amides is 2. The van der Waals surface area contributed by atoms with E-state index in [2.05, 4.69) is 44.7 Å². The number of piperidine rings is 2. The lowest BCUT2D eigenvalue weighted by Crippen LogP contribution is -2.52. The van der Waals surface area contributed by atoms with Gasteiger partial charge >= 0.3 is 0 Å². The van der Waals surface area contributed by atoms with Gasteiger partial charge in [-0.2, -0.15) is 0 Å². The maximum Gasteiger partial charge on any atom is 0.234 e. The van der Waals surface area contributed by atoms with Gasteiger partial charge in [0.2, 0.25) is 11.8 Å². The SMILES string of the molecule is Cl.O=C1CCC(c2ccc(N3CCN(C4CCNCC4)CC3)cc2)C(=O)N1. The molecular weight excluding hydrogens is 364 g/mol. The summed E-state index contributed by atoms with van der Waals surface area (Å²) < 4.78 is 0. The molecule has 0 saturated carbocycles. The van der Waals surface area contributed by atoms with Crippen molar-refractivity contribution in [1.82, 2.24) is 15.5 Å². The van der Waals surface area contributed by atoms with E-state index in [0.29, 0.717) is 12.8 Å². The second-order valence-electron chi connectivity index (χ2n) is 7.60. The Balaban J connectivity index is 0.00000210. The molecule has 2 amide bonds. The lowest BCUT2D eigenvalue weighted by molar-refractivity contribution is -0.134. The minimum atomic E-state index is -0.196. The Labute approximate surface area is 167 Å². The van der Waals surface area contributed by atoms with E-state index < -0.39 is 0 Å². The summed E-state index contributed by atoms with van der Waals surface area (Å²) in [5.41, 5.74) is 2.23. The second-order valence-corrected chi connectivity index (χ2v) is 7.60. The summed E-state index contributed by atoms with van der Waals surface area (Å²) in [5, 5.41) is 5.89. The fourth-order valence-corrected chi connectivity index (χ4v) is 4.45. The molecule has 1 aromatic rings. The fraction of sp³-hybridized carbons (Fsp3) is 0.600. The van der Waals surface area contributed by atoms with Gasteiger partial charge in [-0.15, -0.1) is 12.4 Å². The van der Waals surface area contributed by atoms with E-state index in [4.69, 9.17) is 0 Å². The Bertz CT molecular complexity index is 652. The minimum Gasteiger partial charge on any atom is -0.369 e. The number of rotatable bonds is 3. The van der Waals surface area contributed by atoms with Crippen molar-refractivity contribution in [1.29, 1.82) is 0 Å². The van der Waals surface area contributed by atoms with Gasteiger partial charge in [0, 0.05) is 44.3 Å². The van der Waals surface area contributed by atoms with Crippen LogP contribution in [0.25, 0.3) is 0 Å². The van der Waals surface area contributed by atoms with E-state index in [0.717, 1.165) is 50.9 Å². The molecule has 1 aromatic carbocycles. The molecule has 3 saturated heterocycles. The van der Waals surface area contributed by atoms with Crippen molar-refractivity contribution in [3.8, 4) is 0 Å². The Morgan fingerprint density at radius 2 is 1.56 bits per heavy atom. The lowest BCUT2D eigenvalue weighted by atomic mass is 9.90. The van der Waals surface area contributed by atoms with Crippen LogP contribution in [0.4, 0.5) is 5.69 Å². The van der Waals surface area contributed by atoms with Crippen LogP contribution >= 0.6 is 12.4 Å². The number of hydrogen-bond acceptors (Lipinski definition) is 5. The number of piperazine rings is 1.